The van der Waals surface area contributed by atoms with E-state index in [0.29, 0.717) is 6.04 Å². The van der Waals surface area contributed by atoms with Gasteiger partial charge in [-0.25, -0.2) is 0 Å². The lowest BCUT2D eigenvalue weighted by atomic mass is 9.92. The molecule has 2 rings (SSSR count). The maximum Gasteiger partial charge on any atom is 0.0738 e. The van der Waals surface area contributed by atoms with Crippen LogP contribution in [-0.4, -0.2) is 22.4 Å². The molecule has 19 heavy (non-hydrogen) atoms. The van der Waals surface area contributed by atoms with Crippen molar-refractivity contribution in [2.45, 2.75) is 59.5 Å². The van der Waals surface area contributed by atoms with Gasteiger partial charge in [-0.05, 0) is 61.0 Å². The number of hydrogen-bond donors (Lipinski definition) is 1. The topological polar surface area (TPSA) is 29.9 Å². The third-order valence-corrected chi connectivity index (χ3v) is 5.36. The second-order valence-electron chi connectivity index (χ2n) is 5.73. The van der Waals surface area contributed by atoms with Crippen LogP contribution in [0.1, 0.15) is 45.0 Å². The van der Waals surface area contributed by atoms with Gasteiger partial charge in [0.1, 0.15) is 0 Å². The highest BCUT2D eigenvalue weighted by Gasteiger charge is 2.33. The van der Waals surface area contributed by atoms with E-state index in [9.17, 15) is 0 Å². The summed E-state index contributed by atoms with van der Waals surface area (Å²) in [6.45, 7) is 10.8. The summed E-state index contributed by atoms with van der Waals surface area (Å²) in [4.78, 5) is 0. The fourth-order valence-electron chi connectivity index (χ4n) is 2.93. The quantitative estimate of drug-likeness (QED) is 0.830. The van der Waals surface area contributed by atoms with Gasteiger partial charge in [0.2, 0.25) is 0 Å². The molecule has 2 unspecified atom stereocenters. The molecule has 0 spiro atoms. The second kappa shape index (κ2) is 6.40. The fourth-order valence-corrected chi connectivity index (χ4v) is 3.37. The summed E-state index contributed by atoms with van der Waals surface area (Å²) in [7, 11) is 0. The molecule has 0 aliphatic heterocycles. The van der Waals surface area contributed by atoms with Crippen molar-refractivity contribution in [1.82, 2.24) is 15.1 Å². The Balaban J connectivity index is 2.15. The first kappa shape index (κ1) is 15.0. The van der Waals surface area contributed by atoms with Gasteiger partial charge in [-0.1, -0.05) is 13.8 Å². The van der Waals surface area contributed by atoms with E-state index in [1.54, 1.807) is 0 Å². The lowest BCUT2D eigenvalue weighted by Crippen LogP contribution is -2.38. The maximum absolute atomic E-state index is 4.60. The SMILES string of the molecule is CCNC(Cc1c(Br)c(C)nn1CC)C(C)C1CC1. The average Bonchev–Trinajstić information content (AvgIpc) is 3.20. The molecule has 108 valence electrons. The Morgan fingerprint density at radius 1 is 1.42 bits per heavy atom. The zero-order valence-electron chi connectivity index (χ0n) is 12.5. The summed E-state index contributed by atoms with van der Waals surface area (Å²) in [6.07, 6.45) is 3.90. The van der Waals surface area contributed by atoms with Gasteiger partial charge in [0.25, 0.3) is 0 Å². The van der Waals surface area contributed by atoms with Gasteiger partial charge in [-0.3, -0.25) is 4.68 Å². The predicted octanol–water partition coefficient (Wildman–Crippen LogP) is 3.54. The van der Waals surface area contributed by atoms with Crippen LogP contribution in [0.4, 0.5) is 0 Å². The zero-order valence-corrected chi connectivity index (χ0v) is 14.1. The van der Waals surface area contributed by atoms with E-state index < -0.39 is 0 Å². The third kappa shape index (κ3) is 3.40. The van der Waals surface area contributed by atoms with Crippen LogP contribution >= 0.6 is 15.9 Å². The summed E-state index contributed by atoms with van der Waals surface area (Å²) < 4.78 is 3.34. The van der Waals surface area contributed by atoms with Crippen molar-refractivity contribution >= 4 is 15.9 Å². The van der Waals surface area contributed by atoms with Crippen LogP contribution in [0.25, 0.3) is 0 Å². The van der Waals surface area contributed by atoms with E-state index in [2.05, 4.69) is 58.7 Å². The van der Waals surface area contributed by atoms with Crippen molar-refractivity contribution in [2.24, 2.45) is 11.8 Å². The first-order valence-corrected chi connectivity index (χ1v) is 8.32. The molecule has 0 radical (unpaired) electrons. The Hall–Kier alpha value is -0.350. The molecular formula is C15H26BrN3. The molecular weight excluding hydrogens is 302 g/mol. The number of halogens is 1. The Morgan fingerprint density at radius 3 is 2.63 bits per heavy atom. The fraction of sp³-hybridized carbons (Fsp3) is 0.800. The van der Waals surface area contributed by atoms with Gasteiger partial charge >= 0.3 is 0 Å². The van der Waals surface area contributed by atoms with Crippen molar-refractivity contribution < 1.29 is 0 Å². The number of nitrogens with zero attached hydrogens (tertiary/aromatic N) is 2. The molecule has 0 bridgehead atoms. The van der Waals surface area contributed by atoms with Gasteiger partial charge in [-0.15, -0.1) is 0 Å². The van der Waals surface area contributed by atoms with Crippen molar-refractivity contribution in [3.63, 3.8) is 0 Å². The van der Waals surface area contributed by atoms with Crippen molar-refractivity contribution in [3.05, 3.63) is 15.9 Å². The van der Waals surface area contributed by atoms with E-state index in [-0.39, 0.29) is 0 Å². The maximum atomic E-state index is 4.60. The van der Waals surface area contributed by atoms with Crippen LogP contribution in [0.3, 0.4) is 0 Å². The molecule has 0 saturated heterocycles. The van der Waals surface area contributed by atoms with E-state index in [4.69, 9.17) is 0 Å². The van der Waals surface area contributed by atoms with Crippen molar-refractivity contribution in [3.8, 4) is 0 Å². The summed E-state index contributed by atoms with van der Waals surface area (Å²) in [5.74, 6) is 1.69. The molecule has 3 nitrogen and oxygen atoms in total. The highest BCUT2D eigenvalue weighted by Crippen LogP contribution is 2.39. The van der Waals surface area contributed by atoms with Crippen molar-refractivity contribution in [2.75, 3.05) is 6.54 Å². The summed E-state index contributed by atoms with van der Waals surface area (Å²) in [5, 5.41) is 8.28. The summed E-state index contributed by atoms with van der Waals surface area (Å²) in [5.41, 5.74) is 2.45. The molecule has 1 heterocycles. The number of rotatable bonds is 7. The zero-order chi connectivity index (χ0) is 14.0. The standard InChI is InChI=1S/C15H26BrN3/c1-5-17-13(10(3)12-7-8-12)9-14-15(16)11(4)18-19(14)6-2/h10,12-13,17H,5-9H2,1-4H3. The van der Waals surface area contributed by atoms with Crippen LogP contribution in [0, 0.1) is 18.8 Å². The third-order valence-electron chi connectivity index (χ3n) is 4.33. The molecule has 1 saturated carbocycles. The van der Waals surface area contributed by atoms with Gasteiger partial charge in [0, 0.05) is 19.0 Å². The van der Waals surface area contributed by atoms with Crippen LogP contribution in [0.5, 0.6) is 0 Å². The number of nitrogens with one attached hydrogen (secondary N) is 1. The largest absolute Gasteiger partial charge is 0.314 e. The number of aryl methyl sites for hydroxylation is 2. The first-order chi connectivity index (χ1) is 9.08. The molecule has 1 aromatic heterocycles. The summed E-state index contributed by atoms with van der Waals surface area (Å²) >= 11 is 3.71. The molecule has 2 atom stereocenters. The normalized spacial score (nSPS) is 18.6. The molecule has 1 aromatic rings. The van der Waals surface area contributed by atoms with Crippen molar-refractivity contribution in [1.29, 1.82) is 0 Å². The van der Waals surface area contributed by atoms with E-state index in [0.717, 1.165) is 37.0 Å². The van der Waals surface area contributed by atoms with E-state index in [1.165, 1.54) is 23.0 Å². The second-order valence-corrected chi connectivity index (χ2v) is 6.52. The lowest BCUT2D eigenvalue weighted by Gasteiger charge is -2.25. The Morgan fingerprint density at radius 2 is 2.11 bits per heavy atom. The molecule has 1 aliphatic rings. The van der Waals surface area contributed by atoms with Gasteiger partial charge in [0.05, 0.1) is 15.9 Å². The lowest BCUT2D eigenvalue weighted by molar-refractivity contribution is 0.338. The molecule has 0 aromatic carbocycles. The highest BCUT2D eigenvalue weighted by atomic mass is 79.9. The van der Waals surface area contributed by atoms with Gasteiger partial charge < -0.3 is 5.32 Å². The minimum Gasteiger partial charge on any atom is -0.314 e. The highest BCUT2D eigenvalue weighted by molar-refractivity contribution is 9.10. The van der Waals surface area contributed by atoms with Crippen LogP contribution in [-0.2, 0) is 13.0 Å². The molecule has 1 aliphatic carbocycles. The van der Waals surface area contributed by atoms with Gasteiger partial charge in [-0.2, -0.15) is 5.10 Å². The molecule has 1 fully saturated rings. The molecule has 0 amide bonds. The number of aromatic nitrogens is 2. The summed E-state index contributed by atoms with van der Waals surface area (Å²) in [6, 6.07) is 0.565. The van der Waals surface area contributed by atoms with Crippen LogP contribution in [0.15, 0.2) is 4.47 Å². The Labute approximate surface area is 125 Å². The molecule has 1 N–H and O–H groups in total. The van der Waals surface area contributed by atoms with E-state index in [1.807, 2.05) is 0 Å². The molecule has 4 heteroatoms. The average molecular weight is 328 g/mol. The number of likely N-dealkylation sites (N-methyl/N-ethyl adjacent to an activating group) is 1. The Kier molecular flexibility index (Phi) is 5.07. The Bertz CT molecular complexity index is 423. The number of hydrogen-bond acceptors (Lipinski definition) is 2. The van der Waals surface area contributed by atoms with Crippen LogP contribution < -0.4 is 5.32 Å². The minimum absolute atomic E-state index is 0.565. The first-order valence-electron chi connectivity index (χ1n) is 7.53. The minimum atomic E-state index is 0.565. The smallest absolute Gasteiger partial charge is 0.0738 e. The van der Waals surface area contributed by atoms with E-state index >= 15 is 0 Å². The van der Waals surface area contributed by atoms with Gasteiger partial charge in [0.15, 0.2) is 0 Å². The monoisotopic (exact) mass is 327 g/mol. The van der Waals surface area contributed by atoms with Crippen LogP contribution in [0.2, 0.25) is 0 Å². The predicted molar refractivity (Wildman–Crippen MR) is 83.4 cm³/mol.